The highest BCUT2D eigenvalue weighted by molar-refractivity contribution is 5.93. The Hall–Kier alpha value is -1.88. The van der Waals surface area contributed by atoms with Gasteiger partial charge in [0.15, 0.2) is 0 Å². The molecule has 2 aromatic heterocycles. The van der Waals surface area contributed by atoms with Crippen LogP contribution < -0.4 is 0 Å². The van der Waals surface area contributed by atoms with Crippen LogP contribution in [0.2, 0.25) is 0 Å². The van der Waals surface area contributed by atoms with Crippen LogP contribution in [0.15, 0.2) is 24.4 Å². The van der Waals surface area contributed by atoms with Crippen LogP contribution in [-0.4, -0.2) is 44.0 Å². The van der Waals surface area contributed by atoms with Gasteiger partial charge in [-0.3, -0.25) is 4.79 Å². The van der Waals surface area contributed by atoms with Crippen molar-refractivity contribution in [2.45, 2.75) is 19.4 Å². The van der Waals surface area contributed by atoms with Gasteiger partial charge >= 0.3 is 0 Å². The Labute approximate surface area is 105 Å². The highest BCUT2D eigenvalue weighted by atomic mass is 16.3. The maximum Gasteiger partial charge on any atom is 0.274 e. The first-order chi connectivity index (χ1) is 8.46. The third kappa shape index (κ3) is 1.67. The van der Waals surface area contributed by atoms with Crippen molar-refractivity contribution in [2.24, 2.45) is 0 Å². The minimum absolute atomic E-state index is 0.121. The molecule has 1 N–H and O–H groups in total. The quantitative estimate of drug-likeness (QED) is 0.810. The smallest absolute Gasteiger partial charge is 0.274 e. The average Bonchev–Trinajstić information content (AvgIpc) is 2.70. The van der Waals surface area contributed by atoms with Crippen LogP contribution in [0, 0.1) is 6.92 Å². The number of amides is 1. The highest BCUT2D eigenvalue weighted by Gasteiger charge is 2.40. The first kappa shape index (κ1) is 11.2. The van der Waals surface area contributed by atoms with Gasteiger partial charge in [-0.05, 0) is 26.0 Å². The van der Waals surface area contributed by atoms with Crippen molar-refractivity contribution in [2.75, 3.05) is 13.1 Å². The Morgan fingerprint density at radius 1 is 1.44 bits per heavy atom. The summed E-state index contributed by atoms with van der Waals surface area (Å²) in [5.74, 6) is -0.121. The molecule has 5 nitrogen and oxygen atoms in total. The number of hydrogen-bond donors (Lipinski definition) is 1. The fourth-order valence-electron chi connectivity index (χ4n) is 2.33. The lowest BCUT2D eigenvalue weighted by atomic mass is 9.97. The van der Waals surface area contributed by atoms with Crippen LogP contribution in [0.5, 0.6) is 0 Å². The standard InChI is InChI=1S/C13H15N3O2/c1-9-4-3-5-11-14-10(6-16(9)11)12(17)15-7-13(2,18)8-15/h3-6,18H,7-8H2,1-2H3. The number of aromatic nitrogens is 2. The van der Waals surface area contributed by atoms with Crippen molar-refractivity contribution in [3.05, 3.63) is 35.8 Å². The van der Waals surface area contributed by atoms with Crippen molar-refractivity contribution in [1.82, 2.24) is 14.3 Å². The summed E-state index contributed by atoms with van der Waals surface area (Å²) in [5.41, 5.74) is 1.49. The molecule has 0 spiro atoms. The zero-order valence-corrected chi connectivity index (χ0v) is 10.4. The van der Waals surface area contributed by atoms with Crippen molar-refractivity contribution in [3.63, 3.8) is 0 Å². The molecule has 0 aliphatic carbocycles. The Morgan fingerprint density at radius 3 is 2.78 bits per heavy atom. The largest absolute Gasteiger partial charge is 0.386 e. The van der Waals surface area contributed by atoms with Gasteiger partial charge in [-0.25, -0.2) is 4.98 Å². The first-order valence-electron chi connectivity index (χ1n) is 5.93. The number of carbonyl (C=O) groups is 1. The molecule has 0 aromatic carbocycles. The van der Waals surface area contributed by atoms with Crippen molar-refractivity contribution in [1.29, 1.82) is 0 Å². The number of hydrogen-bond acceptors (Lipinski definition) is 3. The second-order valence-electron chi connectivity index (χ2n) is 5.18. The summed E-state index contributed by atoms with van der Waals surface area (Å²) in [6, 6.07) is 5.76. The second-order valence-corrected chi connectivity index (χ2v) is 5.18. The molecule has 1 aliphatic heterocycles. The number of imidazole rings is 1. The number of fused-ring (bicyclic) bond motifs is 1. The van der Waals surface area contributed by atoms with Gasteiger partial charge in [-0.1, -0.05) is 6.07 Å². The number of rotatable bonds is 1. The van der Waals surface area contributed by atoms with E-state index in [0.29, 0.717) is 18.8 Å². The Kier molecular flexibility index (Phi) is 2.22. The lowest BCUT2D eigenvalue weighted by molar-refractivity contribution is -0.0670. The number of nitrogens with zero attached hydrogens (tertiary/aromatic N) is 3. The second kappa shape index (κ2) is 3.55. The SMILES string of the molecule is Cc1cccc2nc(C(=O)N3CC(C)(O)C3)cn12. The first-order valence-corrected chi connectivity index (χ1v) is 5.93. The molecule has 1 amide bonds. The van der Waals surface area contributed by atoms with E-state index in [0.717, 1.165) is 11.3 Å². The van der Waals surface area contributed by atoms with Crippen LogP contribution in [0.25, 0.3) is 5.65 Å². The van der Waals surface area contributed by atoms with Gasteiger partial charge in [-0.15, -0.1) is 0 Å². The molecular weight excluding hydrogens is 230 g/mol. The van der Waals surface area contributed by atoms with Gasteiger partial charge in [0, 0.05) is 11.9 Å². The van der Waals surface area contributed by atoms with E-state index >= 15 is 0 Å². The summed E-state index contributed by atoms with van der Waals surface area (Å²) in [6.45, 7) is 4.44. The molecule has 0 unspecified atom stereocenters. The van der Waals surface area contributed by atoms with Gasteiger partial charge in [0.1, 0.15) is 11.3 Å². The van der Waals surface area contributed by atoms with E-state index in [1.165, 1.54) is 0 Å². The molecule has 94 valence electrons. The third-order valence-electron chi connectivity index (χ3n) is 3.27. The van der Waals surface area contributed by atoms with Crippen LogP contribution >= 0.6 is 0 Å². The third-order valence-corrected chi connectivity index (χ3v) is 3.27. The van der Waals surface area contributed by atoms with Gasteiger partial charge in [-0.2, -0.15) is 0 Å². The summed E-state index contributed by atoms with van der Waals surface area (Å²) in [4.78, 5) is 18.1. The molecule has 1 saturated heterocycles. The molecule has 2 aromatic rings. The van der Waals surface area contributed by atoms with Crippen molar-refractivity contribution < 1.29 is 9.90 Å². The molecule has 0 bridgehead atoms. The van der Waals surface area contributed by atoms with Gasteiger partial charge in [0.25, 0.3) is 5.91 Å². The number of aryl methyl sites for hydroxylation is 1. The van der Waals surface area contributed by atoms with E-state index in [9.17, 15) is 9.90 Å². The molecular formula is C13H15N3O2. The predicted octanol–water partition coefficient (Wildman–Crippen LogP) is 0.850. The molecule has 0 atom stereocenters. The van der Waals surface area contributed by atoms with Gasteiger partial charge in [0.2, 0.25) is 0 Å². The number of β-amino-alcohol motifs (C(OH)–C–C–N with tert-alkyl or cyclic N) is 1. The summed E-state index contributed by atoms with van der Waals surface area (Å²) < 4.78 is 1.89. The van der Waals surface area contributed by atoms with Crippen LogP contribution in [0.1, 0.15) is 23.1 Å². The Balaban J connectivity index is 1.91. The number of pyridine rings is 1. The topological polar surface area (TPSA) is 57.8 Å². The van der Waals surface area contributed by atoms with E-state index in [1.807, 2.05) is 29.5 Å². The number of aliphatic hydroxyl groups is 1. The fourth-order valence-corrected chi connectivity index (χ4v) is 2.33. The summed E-state index contributed by atoms with van der Waals surface area (Å²) in [5, 5.41) is 9.64. The molecule has 1 aliphatic rings. The number of carbonyl (C=O) groups excluding carboxylic acids is 1. The van der Waals surface area contributed by atoms with Crippen LogP contribution in [0.4, 0.5) is 0 Å². The lowest BCUT2D eigenvalue weighted by Crippen LogP contribution is -2.61. The molecule has 3 rings (SSSR count). The average molecular weight is 245 g/mol. The Bertz CT molecular complexity index is 622. The minimum Gasteiger partial charge on any atom is -0.386 e. The molecule has 1 fully saturated rings. The molecule has 3 heterocycles. The molecule has 0 radical (unpaired) electrons. The van der Waals surface area contributed by atoms with Crippen LogP contribution in [0.3, 0.4) is 0 Å². The summed E-state index contributed by atoms with van der Waals surface area (Å²) in [6.07, 6.45) is 1.75. The van der Waals surface area contributed by atoms with Crippen LogP contribution in [-0.2, 0) is 0 Å². The molecule has 18 heavy (non-hydrogen) atoms. The maximum absolute atomic E-state index is 12.1. The van der Waals surface area contributed by atoms with E-state index in [-0.39, 0.29) is 5.91 Å². The zero-order chi connectivity index (χ0) is 12.9. The van der Waals surface area contributed by atoms with E-state index in [2.05, 4.69) is 4.98 Å². The Morgan fingerprint density at radius 2 is 2.17 bits per heavy atom. The maximum atomic E-state index is 12.1. The number of likely N-dealkylation sites (tertiary alicyclic amines) is 1. The van der Waals surface area contributed by atoms with E-state index < -0.39 is 5.60 Å². The van der Waals surface area contributed by atoms with Crippen molar-refractivity contribution >= 4 is 11.6 Å². The van der Waals surface area contributed by atoms with E-state index in [4.69, 9.17) is 0 Å². The van der Waals surface area contributed by atoms with Gasteiger partial charge in [0.05, 0.1) is 18.7 Å². The predicted molar refractivity (Wildman–Crippen MR) is 66.5 cm³/mol. The zero-order valence-electron chi connectivity index (χ0n) is 10.4. The van der Waals surface area contributed by atoms with E-state index in [1.54, 1.807) is 18.0 Å². The van der Waals surface area contributed by atoms with Gasteiger partial charge < -0.3 is 14.4 Å². The fraction of sp³-hybridized carbons (Fsp3) is 0.385. The summed E-state index contributed by atoms with van der Waals surface area (Å²) >= 11 is 0. The minimum atomic E-state index is -0.745. The lowest BCUT2D eigenvalue weighted by Gasteiger charge is -2.43. The van der Waals surface area contributed by atoms with Crippen molar-refractivity contribution in [3.8, 4) is 0 Å². The monoisotopic (exact) mass is 245 g/mol. The molecule has 0 saturated carbocycles. The highest BCUT2D eigenvalue weighted by Crippen LogP contribution is 2.22. The summed E-state index contributed by atoms with van der Waals surface area (Å²) in [7, 11) is 0. The normalized spacial score (nSPS) is 17.8. The molecule has 5 heteroatoms.